The summed E-state index contributed by atoms with van der Waals surface area (Å²) in [7, 11) is 0. The lowest BCUT2D eigenvalue weighted by Crippen LogP contribution is -2.18. The van der Waals surface area contributed by atoms with Gasteiger partial charge in [-0.05, 0) is 18.8 Å². The molecule has 12 heavy (non-hydrogen) atoms. The number of hydrogen-bond acceptors (Lipinski definition) is 2. The minimum absolute atomic E-state index is 0.272. The summed E-state index contributed by atoms with van der Waals surface area (Å²) < 4.78 is 5.24. The molecule has 0 aliphatic carbocycles. The highest BCUT2D eigenvalue weighted by atomic mass is 16.5. The van der Waals surface area contributed by atoms with E-state index in [1.54, 1.807) is 0 Å². The Morgan fingerprint density at radius 3 is 2.50 bits per heavy atom. The van der Waals surface area contributed by atoms with Crippen LogP contribution in [0.3, 0.4) is 0 Å². The van der Waals surface area contributed by atoms with Crippen molar-refractivity contribution in [3.05, 3.63) is 0 Å². The molecule has 74 valence electrons. The maximum absolute atomic E-state index is 9.45. The molecule has 2 atom stereocenters. The van der Waals surface area contributed by atoms with E-state index < -0.39 is 0 Å². The van der Waals surface area contributed by atoms with Crippen LogP contribution < -0.4 is 0 Å². The molecule has 1 N–H and O–H groups in total. The number of aliphatic hydroxyl groups is 1. The monoisotopic (exact) mass is 174 g/mol. The first-order valence-electron chi connectivity index (χ1n) is 4.96. The van der Waals surface area contributed by atoms with Gasteiger partial charge in [0, 0.05) is 6.61 Å². The highest BCUT2D eigenvalue weighted by Gasteiger charge is 2.08. The molecule has 0 saturated heterocycles. The van der Waals surface area contributed by atoms with Crippen molar-refractivity contribution in [2.45, 2.75) is 46.1 Å². The molecule has 0 amide bonds. The quantitative estimate of drug-likeness (QED) is 0.600. The van der Waals surface area contributed by atoms with Crippen LogP contribution in [0.4, 0.5) is 0 Å². The second-order valence-electron chi connectivity index (χ2n) is 3.48. The van der Waals surface area contributed by atoms with Crippen LogP contribution in [0.5, 0.6) is 0 Å². The molecule has 0 bridgehead atoms. The normalized spacial score (nSPS) is 16.0. The molecule has 0 rings (SSSR count). The van der Waals surface area contributed by atoms with Gasteiger partial charge < -0.3 is 9.84 Å². The van der Waals surface area contributed by atoms with Gasteiger partial charge >= 0.3 is 0 Å². The van der Waals surface area contributed by atoms with Gasteiger partial charge in [-0.15, -0.1) is 0 Å². The predicted molar refractivity (Wildman–Crippen MR) is 51.2 cm³/mol. The molecule has 0 aromatic heterocycles. The van der Waals surface area contributed by atoms with Gasteiger partial charge in [0.05, 0.1) is 12.7 Å². The second kappa shape index (κ2) is 7.56. The molecule has 0 aromatic carbocycles. The first-order valence-corrected chi connectivity index (χ1v) is 4.96. The Morgan fingerprint density at radius 2 is 2.00 bits per heavy atom. The van der Waals surface area contributed by atoms with E-state index in [0.29, 0.717) is 12.5 Å². The van der Waals surface area contributed by atoms with Crippen LogP contribution in [0.2, 0.25) is 0 Å². The van der Waals surface area contributed by atoms with Gasteiger partial charge in [0.25, 0.3) is 0 Å². The third kappa shape index (κ3) is 6.62. The zero-order valence-corrected chi connectivity index (χ0v) is 8.55. The van der Waals surface area contributed by atoms with Gasteiger partial charge in [-0.1, -0.05) is 27.2 Å². The Bertz CT molecular complexity index is 93.8. The summed E-state index contributed by atoms with van der Waals surface area (Å²) in [5.41, 5.74) is 0. The van der Waals surface area contributed by atoms with Crippen LogP contribution in [0.1, 0.15) is 40.0 Å². The minimum Gasteiger partial charge on any atom is -0.391 e. The van der Waals surface area contributed by atoms with E-state index in [0.717, 1.165) is 25.9 Å². The number of aliphatic hydroxyl groups excluding tert-OH is 1. The predicted octanol–water partition coefficient (Wildman–Crippen LogP) is 2.21. The molecule has 2 nitrogen and oxygen atoms in total. The zero-order chi connectivity index (χ0) is 9.40. The summed E-state index contributed by atoms with van der Waals surface area (Å²) in [6, 6.07) is 0. The molecular formula is C10H22O2. The van der Waals surface area contributed by atoms with E-state index in [9.17, 15) is 5.11 Å². The van der Waals surface area contributed by atoms with Crippen molar-refractivity contribution < 1.29 is 9.84 Å². The molecule has 0 aliphatic heterocycles. The number of rotatable bonds is 7. The van der Waals surface area contributed by atoms with E-state index >= 15 is 0 Å². The van der Waals surface area contributed by atoms with Gasteiger partial charge in [-0.3, -0.25) is 0 Å². The summed E-state index contributed by atoms with van der Waals surface area (Å²) in [5, 5.41) is 9.45. The third-order valence-electron chi connectivity index (χ3n) is 2.03. The molecule has 0 heterocycles. The van der Waals surface area contributed by atoms with E-state index in [2.05, 4.69) is 20.8 Å². The fourth-order valence-corrected chi connectivity index (χ4v) is 1.06. The summed E-state index contributed by atoms with van der Waals surface area (Å²) in [5.74, 6) is 0.602. The molecule has 0 spiro atoms. The molecule has 0 aromatic rings. The molecule has 2 unspecified atom stereocenters. The average Bonchev–Trinajstić information content (AvgIpc) is 2.05. The van der Waals surface area contributed by atoms with Gasteiger partial charge in [0.15, 0.2) is 0 Å². The lowest BCUT2D eigenvalue weighted by atomic mass is 10.0. The Balaban J connectivity index is 3.26. The molecule has 2 heteroatoms. The smallest absolute Gasteiger partial charge is 0.0776 e. The van der Waals surface area contributed by atoms with Crippen LogP contribution in [-0.4, -0.2) is 24.4 Å². The van der Waals surface area contributed by atoms with Crippen LogP contribution in [-0.2, 0) is 4.74 Å². The average molecular weight is 174 g/mol. The summed E-state index contributed by atoms with van der Waals surface area (Å²) in [4.78, 5) is 0. The maximum Gasteiger partial charge on any atom is 0.0776 e. The Kier molecular flexibility index (Phi) is 7.51. The van der Waals surface area contributed by atoms with Crippen LogP contribution in [0.25, 0.3) is 0 Å². The number of ether oxygens (including phenoxy) is 1. The summed E-state index contributed by atoms with van der Waals surface area (Å²) in [6.07, 6.45) is 2.74. The Hall–Kier alpha value is -0.0800. The van der Waals surface area contributed by atoms with Crippen molar-refractivity contribution in [1.82, 2.24) is 0 Å². The highest BCUT2D eigenvalue weighted by molar-refractivity contribution is 4.59. The van der Waals surface area contributed by atoms with Crippen LogP contribution >= 0.6 is 0 Å². The SMILES string of the molecule is CCCOCC(O)CC(C)CC. The molecule has 0 radical (unpaired) electrons. The first-order chi connectivity index (χ1) is 5.70. The first kappa shape index (κ1) is 11.9. The van der Waals surface area contributed by atoms with Gasteiger partial charge in [0.2, 0.25) is 0 Å². The molecule has 0 saturated carbocycles. The van der Waals surface area contributed by atoms with Crippen molar-refractivity contribution in [1.29, 1.82) is 0 Å². The van der Waals surface area contributed by atoms with Crippen molar-refractivity contribution in [2.24, 2.45) is 5.92 Å². The lowest BCUT2D eigenvalue weighted by Gasteiger charge is -2.14. The van der Waals surface area contributed by atoms with Crippen LogP contribution in [0, 0.1) is 5.92 Å². The third-order valence-corrected chi connectivity index (χ3v) is 2.03. The Labute approximate surface area is 75.9 Å². The largest absolute Gasteiger partial charge is 0.391 e. The number of hydrogen-bond donors (Lipinski definition) is 1. The Morgan fingerprint density at radius 1 is 1.33 bits per heavy atom. The summed E-state index contributed by atoms with van der Waals surface area (Å²) in [6.45, 7) is 7.63. The van der Waals surface area contributed by atoms with E-state index in [1.165, 1.54) is 0 Å². The maximum atomic E-state index is 9.45. The highest BCUT2D eigenvalue weighted by Crippen LogP contribution is 2.09. The molecule has 0 aliphatic rings. The molecular weight excluding hydrogens is 152 g/mol. The molecule has 0 fully saturated rings. The topological polar surface area (TPSA) is 29.5 Å². The minimum atomic E-state index is -0.272. The lowest BCUT2D eigenvalue weighted by molar-refractivity contribution is 0.0253. The second-order valence-corrected chi connectivity index (χ2v) is 3.48. The summed E-state index contributed by atoms with van der Waals surface area (Å²) >= 11 is 0. The fraction of sp³-hybridized carbons (Fsp3) is 1.00. The van der Waals surface area contributed by atoms with E-state index in [-0.39, 0.29) is 6.10 Å². The standard InChI is InChI=1S/C10H22O2/c1-4-6-12-8-10(11)7-9(3)5-2/h9-11H,4-8H2,1-3H3. The van der Waals surface area contributed by atoms with Crippen molar-refractivity contribution in [3.63, 3.8) is 0 Å². The van der Waals surface area contributed by atoms with E-state index in [1.807, 2.05) is 0 Å². The van der Waals surface area contributed by atoms with Gasteiger partial charge in [0.1, 0.15) is 0 Å². The van der Waals surface area contributed by atoms with Gasteiger partial charge in [-0.25, -0.2) is 0 Å². The van der Waals surface area contributed by atoms with Crippen LogP contribution in [0.15, 0.2) is 0 Å². The zero-order valence-electron chi connectivity index (χ0n) is 8.55. The fourth-order valence-electron chi connectivity index (χ4n) is 1.06. The van der Waals surface area contributed by atoms with Gasteiger partial charge in [-0.2, -0.15) is 0 Å². The van der Waals surface area contributed by atoms with Crippen molar-refractivity contribution >= 4 is 0 Å². The van der Waals surface area contributed by atoms with Crippen molar-refractivity contribution in [3.8, 4) is 0 Å². The van der Waals surface area contributed by atoms with E-state index in [4.69, 9.17) is 4.74 Å². The van der Waals surface area contributed by atoms with Crippen molar-refractivity contribution in [2.75, 3.05) is 13.2 Å².